The summed E-state index contributed by atoms with van der Waals surface area (Å²) in [6.07, 6.45) is 4.39. The number of amides is 2. The first-order chi connectivity index (χ1) is 10.8. The first-order valence-electron chi connectivity index (χ1n) is 7.28. The van der Waals surface area contributed by atoms with E-state index in [0.717, 1.165) is 30.8 Å². The van der Waals surface area contributed by atoms with Crippen LogP contribution < -0.4 is 4.90 Å². The Bertz CT molecular complexity index is 708. The molecule has 22 heavy (non-hydrogen) atoms. The van der Waals surface area contributed by atoms with E-state index in [9.17, 15) is 4.79 Å². The van der Waals surface area contributed by atoms with E-state index in [4.69, 9.17) is 11.6 Å². The fourth-order valence-electron chi connectivity index (χ4n) is 3.18. The minimum absolute atomic E-state index is 0.00591. The minimum Gasteiger partial charge on any atom is -0.271 e. The summed E-state index contributed by atoms with van der Waals surface area (Å²) in [7, 11) is 0. The Labute approximate surface area is 133 Å². The number of benzene rings is 1. The van der Waals surface area contributed by atoms with E-state index < -0.39 is 0 Å². The highest BCUT2D eigenvalue weighted by atomic mass is 35.5. The van der Waals surface area contributed by atoms with Gasteiger partial charge in [-0.3, -0.25) is 14.9 Å². The number of fused-ring (bicyclic) bond motifs is 1. The normalized spacial score (nSPS) is 21.5. The van der Waals surface area contributed by atoms with Crippen molar-refractivity contribution in [1.82, 2.24) is 15.0 Å². The Morgan fingerprint density at radius 2 is 2.09 bits per heavy atom. The molecule has 5 nitrogen and oxygen atoms in total. The number of carbonyl (C=O) groups excluding carboxylic acids is 1. The van der Waals surface area contributed by atoms with Crippen LogP contribution in [0.5, 0.6) is 0 Å². The standard InChI is InChI=1S/C16H15ClN4O/c17-13-5-1-6-14(10-13)21-15(12-4-2-7-18-11-12)19-8-3-9-20(19)16(21)22/h1-2,4-7,10-11,15H,3,8-9H2/t15-/m1/s1. The fraction of sp³-hybridized carbons (Fsp3) is 0.250. The van der Waals surface area contributed by atoms with Crippen molar-refractivity contribution in [3.05, 3.63) is 59.4 Å². The number of hydrazine groups is 1. The molecule has 0 aliphatic carbocycles. The Morgan fingerprint density at radius 1 is 1.18 bits per heavy atom. The summed E-state index contributed by atoms with van der Waals surface area (Å²) in [4.78, 5) is 18.8. The quantitative estimate of drug-likeness (QED) is 0.854. The maximum atomic E-state index is 12.8. The van der Waals surface area contributed by atoms with Crippen LogP contribution in [0.4, 0.5) is 10.5 Å². The van der Waals surface area contributed by atoms with Gasteiger partial charge < -0.3 is 0 Å². The molecule has 2 amide bonds. The highest BCUT2D eigenvalue weighted by Crippen LogP contribution is 2.40. The number of pyridine rings is 1. The zero-order chi connectivity index (χ0) is 15.1. The van der Waals surface area contributed by atoms with E-state index in [1.54, 1.807) is 11.1 Å². The predicted octanol–water partition coefficient (Wildman–Crippen LogP) is 3.30. The van der Waals surface area contributed by atoms with Gasteiger partial charge in [-0.15, -0.1) is 0 Å². The largest absolute Gasteiger partial charge is 0.340 e. The highest BCUT2D eigenvalue weighted by Gasteiger charge is 2.47. The van der Waals surface area contributed by atoms with E-state index in [1.807, 2.05) is 47.6 Å². The van der Waals surface area contributed by atoms with E-state index >= 15 is 0 Å². The molecule has 2 saturated heterocycles. The Morgan fingerprint density at radius 3 is 2.86 bits per heavy atom. The first-order valence-corrected chi connectivity index (χ1v) is 7.66. The van der Waals surface area contributed by atoms with Crippen LogP contribution >= 0.6 is 11.6 Å². The van der Waals surface area contributed by atoms with E-state index in [1.165, 1.54) is 0 Å². The molecular formula is C16H15ClN4O. The molecule has 2 aliphatic heterocycles. The number of aromatic nitrogens is 1. The number of hydrogen-bond donors (Lipinski definition) is 0. The lowest BCUT2D eigenvalue weighted by atomic mass is 10.1. The van der Waals surface area contributed by atoms with E-state index in [0.29, 0.717) is 5.02 Å². The van der Waals surface area contributed by atoms with Crippen LogP contribution in [0, 0.1) is 0 Å². The second kappa shape index (κ2) is 5.26. The molecule has 2 aromatic rings. The number of anilines is 1. The lowest BCUT2D eigenvalue weighted by Crippen LogP contribution is -2.32. The Hall–Kier alpha value is -2.11. The molecule has 0 saturated carbocycles. The lowest BCUT2D eigenvalue weighted by Gasteiger charge is -2.27. The third kappa shape index (κ3) is 2.05. The summed E-state index contributed by atoms with van der Waals surface area (Å²) in [6.45, 7) is 1.62. The van der Waals surface area contributed by atoms with Gasteiger partial charge in [0.2, 0.25) is 0 Å². The van der Waals surface area contributed by atoms with Crippen molar-refractivity contribution < 1.29 is 4.79 Å². The van der Waals surface area contributed by atoms with Gasteiger partial charge in [0, 0.05) is 41.8 Å². The Kier molecular flexibility index (Phi) is 3.24. The number of hydrogen-bond acceptors (Lipinski definition) is 3. The maximum absolute atomic E-state index is 12.8. The molecule has 2 aliphatic rings. The smallest absolute Gasteiger partial charge is 0.271 e. The summed E-state index contributed by atoms with van der Waals surface area (Å²) < 4.78 is 0. The molecule has 0 radical (unpaired) electrons. The third-order valence-electron chi connectivity index (χ3n) is 4.09. The van der Waals surface area contributed by atoms with Crippen LogP contribution in [-0.2, 0) is 0 Å². The van der Waals surface area contributed by atoms with Gasteiger partial charge in [0.05, 0.1) is 0 Å². The zero-order valence-electron chi connectivity index (χ0n) is 11.9. The number of carbonyl (C=O) groups is 1. The molecule has 112 valence electrons. The summed E-state index contributed by atoms with van der Waals surface area (Å²) in [6, 6.07) is 11.3. The van der Waals surface area contributed by atoms with Crippen LogP contribution in [0.15, 0.2) is 48.8 Å². The average molecular weight is 315 g/mol. The van der Waals surface area contributed by atoms with E-state index in [-0.39, 0.29) is 12.2 Å². The number of rotatable bonds is 2. The monoisotopic (exact) mass is 314 g/mol. The maximum Gasteiger partial charge on any atom is 0.340 e. The SMILES string of the molecule is O=C1N(c2cccc(Cl)c2)[C@H](c2cccnc2)N2CCCN12. The van der Waals surface area contributed by atoms with Crippen LogP contribution in [0.3, 0.4) is 0 Å². The van der Waals surface area contributed by atoms with Crippen molar-refractivity contribution >= 4 is 23.3 Å². The minimum atomic E-state index is -0.165. The van der Waals surface area contributed by atoms with Gasteiger partial charge in [-0.2, -0.15) is 5.01 Å². The first kappa shape index (κ1) is 13.5. The molecule has 0 unspecified atom stereocenters. The Balaban J connectivity index is 1.82. The second-order valence-electron chi connectivity index (χ2n) is 5.43. The van der Waals surface area contributed by atoms with Crippen molar-refractivity contribution in [3.8, 4) is 0 Å². The molecule has 0 N–H and O–H groups in total. The number of halogens is 1. The molecule has 2 fully saturated rings. The van der Waals surface area contributed by atoms with Gasteiger partial charge >= 0.3 is 6.03 Å². The lowest BCUT2D eigenvalue weighted by molar-refractivity contribution is 0.0726. The predicted molar refractivity (Wildman–Crippen MR) is 84.3 cm³/mol. The van der Waals surface area contributed by atoms with Crippen molar-refractivity contribution in [2.45, 2.75) is 12.6 Å². The number of urea groups is 1. The average Bonchev–Trinajstić information content (AvgIpc) is 3.10. The molecular weight excluding hydrogens is 300 g/mol. The molecule has 1 aromatic heterocycles. The van der Waals surface area contributed by atoms with E-state index in [2.05, 4.69) is 9.99 Å². The third-order valence-corrected chi connectivity index (χ3v) is 4.33. The molecule has 0 spiro atoms. The molecule has 3 heterocycles. The highest BCUT2D eigenvalue weighted by molar-refractivity contribution is 6.30. The van der Waals surface area contributed by atoms with Crippen LogP contribution in [0.2, 0.25) is 5.02 Å². The molecule has 6 heteroatoms. The summed E-state index contributed by atoms with van der Waals surface area (Å²) in [5, 5.41) is 4.55. The molecule has 1 aromatic carbocycles. The van der Waals surface area contributed by atoms with Gasteiger partial charge in [0.15, 0.2) is 0 Å². The zero-order valence-corrected chi connectivity index (χ0v) is 12.6. The summed E-state index contributed by atoms with van der Waals surface area (Å²) >= 11 is 6.11. The van der Waals surface area contributed by atoms with Crippen LogP contribution in [0.25, 0.3) is 0 Å². The van der Waals surface area contributed by atoms with Gasteiger partial charge in [-0.1, -0.05) is 23.7 Å². The van der Waals surface area contributed by atoms with Crippen molar-refractivity contribution in [2.75, 3.05) is 18.0 Å². The molecule has 0 bridgehead atoms. The molecule has 4 rings (SSSR count). The van der Waals surface area contributed by atoms with Crippen molar-refractivity contribution in [2.24, 2.45) is 0 Å². The van der Waals surface area contributed by atoms with Gasteiger partial charge in [0.25, 0.3) is 0 Å². The van der Waals surface area contributed by atoms with Crippen molar-refractivity contribution in [3.63, 3.8) is 0 Å². The van der Waals surface area contributed by atoms with Gasteiger partial charge in [0.1, 0.15) is 6.17 Å². The fourth-order valence-corrected chi connectivity index (χ4v) is 3.37. The summed E-state index contributed by atoms with van der Waals surface area (Å²) in [5.74, 6) is 0. The van der Waals surface area contributed by atoms with Gasteiger partial charge in [-0.05, 0) is 30.7 Å². The second-order valence-corrected chi connectivity index (χ2v) is 5.87. The van der Waals surface area contributed by atoms with Crippen molar-refractivity contribution in [1.29, 1.82) is 0 Å². The number of nitrogens with zero attached hydrogens (tertiary/aromatic N) is 4. The molecule has 1 atom stereocenters. The topological polar surface area (TPSA) is 39.7 Å². The summed E-state index contributed by atoms with van der Waals surface area (Å²) in [5.41, 5.74) is 1.81. The van der Waals surface area contributed by atoms with Gasteiger partial charge in [-0.25, -0.2) is 4.79 Å². The van der Waals surface area contributed by atoms with Crippen LogP contribution in [-0.4, -0.2) is 34.1 Å². The van der Waals surface area contributed by atoms with Crippen LogP contribution in [0.1, 0.15) is 18.2 Å².